The van der Waals surface area contributed by atoms with Crippen molar-refractivity contribution in [3.63, 3.8) is 0 Å². The van der Waals surface area contributed by atoms with Crippen molar-refractivity contribution in [2.45, 2.75) is 25.9 Å². The van der Waals surface area contributed by atoms with Crippen LogP contribution >= 0.6 is 0 Å². The zero-order chi connectivity index (χ0) is 16.3. The summed E-state index contributed by atoms with van der Waals surface area (Å²) in [6.45, 7) is 4.50. The summed E-state index contributed by atoms with van der Waals surface area (Å²) in [5, 5.41) is 5.32. The second-order valence-electron chi connectivity index (χ2n) is 5.41. The molecule has 0 amide bonds. The van der Waals surface area contributed by atoms with Crippen molar-refractivity contribution in [1.29, 1.82) is 0 Å². The summed E-state index contributed by atoms with van der Waals surface area (Å²) < 4.78 is 0. The van der Waals surface area contributed by atoms with Gasteiger partial charge in [0, 0.05) is 9.52 Å². The molecule has 0 heterocycles. The smallest absolute Gasteiger partial charge is 1.00 e. The van der Waals surface area contributed by atoms with Crippen LogP contribution in [0.5, 0.6) is 0 Å². The number of benzene rings is 2. The van der Waals surface area contributed by atoms with E-state index in [1.54, 1.807) is 0 Å². The van der Waals surface area contributed by atoms with E-state index < -0.39 is 0 Å². The number of hydrogen-bond donors (Lipinski definition) is 0. The molecule has 0 spiro atoms. The summed E-state index contributed by atoms with van der Waals surface area (Å²) in [5.74, 6) is 0. The molecule has 0 nitrogen and oxygen atoms in total. The molecule has 0 bridgehead atoms. The molecular weight excluding hydrogens is 637 g/mol. The summed E-state index contributed by atoms with van der Waals surface area (Å²) >= 11 is 0. The molecule has 0 saturated carbocycles. The van der Waals surface area contributed by atoms with Gasteiger partial charge in [-0.2, -0.15) is 35.0 Å². The van der Waals surface area contributed by atoms with Crippen molar-refractivity contribution in [3.05, 3.63) is 84.9 Å². The minimum absolute atomic E-state index is 0. The number of fused-ring (bicyclic) bond motifs is 2. The third-order valence-corrected chi connectivity index (χ3v) is 4.83. The maximum absolute atomic E-state index is 2.25. The summed E-state index contributed by atoms with van der Waals surface area (Å²) in [6.07, 6.45) is 0. The Hall–Kier alpha value is 0.220. The monoisotopic (exact) mass is 661 g/mol. The van der Waals surface area contributed by atoms with Gasteiger partial charge < -0.3 is 48.0 Å². The number of halogens is 2. The van der Waals surface area contributed by atoms with Gasteiger partial charge in [-0.25, -0.2) is 0 Å². The fourth-order valence-electron chi connectivity index (χ4n) is 2.43. The summed E-state index contributed by atoms with van der Waals surface area (Å²) in [5.41, 5.74) is 0. The Morgan fingerprint density at radius 3 is 1.35 bits per heavy atom. The molecule has 4 aromatic rings. The quantitative estimate of drug-likeness (QED) is 0.166. The standard InChI is InChI=1S/2C9H7.C4H11Si.2HI.Zr/c2*1-2-5-9-7-3-6-8(9)4-1;1-3-5-4-2;;;/h2*1-7H;5H,3-4H2,1-2H3;2*1H;/q2*-1;;;;+4/p-2. The second-order valence-corrected chi connectivity index (χ2v) is 7.62. The molecule has 26 heavy (non-hydrogen) atoms. The van der Waals surface area contributed by atoms with Crippen molar-refractivity contribution >= 4 is 31.1 Å². The van der Waals surface area contributed by atoms with Crippen molar-refractivity contribution in [2.75, 3.05) is 0 Å². The van der Waals surface area contributed by atoms with E-state index in [4.69, 9.17) is 0 Å². The van der Waals surface area contributed by atoms with E-state index in [0.717, 1.165) is 9.52 Å². The van der Waals surface area contributed by atoms with Crippen LogP contribution in [-0.2, 0) is 26.2 Å². The van der Waals surface area contributed by atoms with Gasteiger partial charge >= 0.3 is 26.2 Å². The molecule has 0 aliphatic carbocycles. The topological polar surface area (TPSA) is 0 Å². The van der Waals surface area contributed by atoms with Crippen LogP contribution in [0.25, 0.3) is 21.5 Å². The first kappa shape index (κ1) is 28.4. The third-order valence-electron chi connectivity index (χ3n) is 3.67. The van der Waals surface area contributed by atoms with Gasteiger partial charge in [-0.15, -0.1) is 59.3 Å². The Balaban J connectivity index is 0. The summed E-state index contributed by atoms with van der Waals surface area (Å²) in [6, 6.07) is 32.2. The van der Waals surface area contributed by atoms with E-state index >= 15 is 0 Å². The molecule has 0 saturated heterocycles. The van der Waals surface area contributed by atoms with Crippen LogP contribution in [0.15, 0.2) is 84.9 Å². The van der Waals surface area contributed by atoms with Gasteiger partial charge in [0.15, 0.2) is 0 Å². The Labute approximate surface area is 213 Å². The predicted molar refractivity (Wildman–Crippen MR) is 107 cm³/mol. The van der Waals surface area contributed by atoms with Crippen LogP contribution in [0.1, 0.15) is 13.8 Å². The van der Waals surface area contributed by atoms with Crippen molar-refractivity contribution in [3.8, 4) is 0 Å². The zero-order valence-electron chi connectivity index (χ0n) is 15.3. The minimum Gasteiger partial charge on any atom is -1.00 e. The first-order valence-electron chi connectivity index (χ1n) is 8.37. The number of rotatable bonds is 2. The minimum atomic E-state index is 0. The van der Waals surface area contributed by atoms with Gasteiger partial charge in [-0.05, 0) is 0 Å². The molecule has 135 valence electrons. The second kappa shape index (κ2) is 17.3. The van der Waals surface area contributed by atoms with Gasteiger partial charge in [0.2, 0.25) is 0 Å². The van der Waals surface area contributed by atoms with E-state index in [0.29, 0.717) is 0 Å². The van der Waals surface area contributed by atoms with Crippen LogP contribution in [0, 0.1) is 0 Å². The first-order chi connectivity index (χ1) is 11.3. The fraction of sp³-hybridized carbons (Fsp3) is 0.182. The first-order valence-corrected chi connectivity index (χ1v) is 10.0. The van der Waals surface area contributed by atoms with Crippen molar-refractivity contribution in [1.82, 2.24) is 0 Å². The van der Waals surface area contributed by atoms with Gasteiger partial charge in [-0.1, -0.05) is 38.1 Å². The van der Waals surface area contributed by atoms with E-state index in [1.807, 2.05) is 0 Å². The Bertz CT molecular complexity index is 679. The van der Waals surface area contributed by atoms with E-state index in [1.165, 1.54) is 33.6 Å². The van der Waals surface area contributed by atoms with Gasteiger partial charge in [0.25, 0.3) is 0 Å². The molecule has 4 rings (SSSR count). The molecule has 0 atom stereocenters. The maximum atomic E-state index is 2.25. The van der Waals surface area contributed by atoms with Crippen LogP contribution in [0.3, 0.4) is 0 Å². The van der Waals surface area contributed by atoms with Crippen LogP contribution in [-0.4, -0.2) is 9.52 Å². The van der Waals surface area contributed by atoms with Crippen LogP contribution < -0.4 is 48.0 Å². The molecule has 1 radical (unpaired) electrons. The van der Waals surface area contributed by atoms with Crippen molar-refractivity contribution < 1.29 is 74.2 Å². The molecule has 0 aromatic heterocycles. The normalized spacial score (nSPS) is 8.69. The molecule has 0 N–H and O–H groups in total. The Morgan fingerprint density at radius 1 is 0.654 bits per heavy atom. The molecular formula is C22H25I2SiZr. The molecule has 0 aliphatic rings. The molecule has 0 fully saturated rings. The van der Waals surface area contributed by atoms with E-state index in [9.17, 15) is 0 Å². The molecule has 0 aliphatic heterocycles. The van der Waals surface area contributed by atoms with Gasteiger partial charge in [0.1, 0.15) is 0 Å². The Kier molecular flexibility index (Phi) is 18.9. The predicted octanol–water partition coefficient (Wildman–Crippen LogP) is 0.422. The van der Waals surface area contributed by atoms with Gasteiger partial charge in [-0.3, -0.25) is 0 Å². The van der Waals surface area contributed by atoms with Crippen LogP contribution in [0.4, 0.5) is 0 Å². The van der Waals surface area contributed by atoms with Crippen LogP contribution in [0.2, 0.25) is 12.1 Å². The number of hydrogen-bond acceptors (Lipinski definition) is 0. The maximum Gasteiger partial charge on any atom is 4.00 e. The fourth-order valence-corrected chi connectivity index (χ4v) is 3.01. The van der Waals surface area contributed by atoms with E-state index in [2.05, 4.69) is 98.8 Å². The molecule has 0 unspecified atom stereocenters. The Morgan fingerprint density at radius 2 is 1.04 bits per heavy atom. The van der Waals surface area contributed by atoms with Gasteiger partial charge in [0.05, 0.1) is 0 Å². The molecule has 4 aromatic carbocycles. The largest absolute Gasteiger partial charge is 4.00 e. The summed E-state index contributed by atoms with van der Waals surface area (Å²) in [7, 11) is 0.815. The molecule has 4 heteroatoms. The average molecular weight is 663 g/mol. The average Bonchev–Trinajstić information content (AvgIpc) is 3.26. The van der Waals surface area contributed by atoms with E-state index in [-0.39, 0.29) is 74.2 Å². The van der Waals surface area contributed by atoms with Crippen molar-refractivity contribution in [2.24, 2.45) is 0 Å². The zero-order valence-corrected chi connectivity index (χ0v) is 23.3. The third kappa shape index (κ3) is 9.95. The SMILES string of the molecule is CC[SiH]CC.[I-].[I-].[Zr+4].c1ccc2[cH-]ccc2c1.c1ccc2[cH-]ccc2c1. The summed E-state index contributed by atoms with van der Waals surface area (Å²) in [4.78, 5) is 0.